The fourth-order valence-electron chi connectivity index (χ4n) is 4.07. The lowest BCUT2D eigenvalue weighted by Gasteiger charge is -2.36. The van der Waals surface area contributed by atoms with Crippen LogP contribution >= 0.6 is 11.8 Å². The molecule has 1 unspecified atom stereocenters. The van der Waals surface area contributed by atoms with Gasteiger partial charge in [-0.3, -0.25) is 0 Å². The SMILES string of the molecule is CSCCCOc1ncc(C(C)(C)N)c2cc(Nc3ccc4c(n3)C(C)C(C)(C)OC4=O)ncc12. The van der Waals surface area contributed by atoms with E-state index in [1.807, 2.05) is 40.7 Å². The molecule has 0 bridgehead atoms. The van der Waals surface area contributed by atoms with Crippen LogP contribution in [0.4, 0.5) is 11.6 Å². The number of pyridine rings is 3. The molecule has 0 radical (unpaired) electrons. The van der Waals surface area contributed by atoms with Crippen molar-refractivity contribution in [3.63, 3.8) is 0 Å². The number of thioether (sulfide) groups is 1. The molecule has 0 aliphatic carbocycles. The number of hydrogen-bond donors (Lipinski definition) is 2. The van der Waals surface area contributed by atoms with E-state index in [1.165, 1.54) is 0 Å². The molecular weight excluding hydrogens is 462 g/mol. The van der Waals surface area contributed by atoms with Gasteiger partial charge in [-0.05, 0) is 75.3 Å². The van der Waals surface area contributed by atoms with E-state index in [1.54, 1.807) is 36.3 Å². The largest absolute Gasteiger partial charge is 0.477 e. The number of carbonyl (C=O) groups excluding carboxylic acids is 1. The second-order valence-electron chi connectivity index (χ2n) is 9.98. The molecule has 3 aromatic heterocycles. The number of aromatic nitrogens is 3. The summed E-state index contributed by atoms with van der Waals surface area (Å²) in [5, 5.41) is 5.02. The number of nitrogens with one attached hydrogen (secondary N) is 1. The average molecular weight is 496 g/mol. The highest BCUT2D eigenvalue weighted by atomic mass is 32.2. The minimum Gasteiger partial charge on any atom is -0.477 e. The van der Waals surface area contributed by atoms with E-state index >= 15 is 0 Å². The molecule has 0 fully saturated rings. The van der Waals surface area contributed by atoms with Gasteiger partial charge in [-0.1, -0.05) is 6.92 Å². The molecule has 4 heterocycles. The minimum absolute atomic E-state index is 0.0527. The Kier molecular flexibility index (Phi) is 6.92. The van der Waals surface area contributed by atoms with E-state index in [0.29, 0.717) is 35.4 Å². The van der Waals surface area contributed by atoms with Gasteiger partial charge in [0.15, 0.2) is 0 Å². The Morgan fingerprint density at radius 2 is 1.97 bits per heavy atom. The monoisotopic (exact) mass is 495 g/mol. The van der Waals surface area contributed by atoms with Crippen LogP contribution in [0.2, 0.25) is 0 Å². The molecule has 0 amide bonds. The molecule has 0 saturated heterocycles. The zero-order chi connectivity index (χ0) is 25.4. The van der Waals surface area contributed by atoms with Crippen molar-refractivity contribution in [2.75, 3.05) is 23.9 Å². The molecule has 1 aliphatic rings. The van der Waals surface area contributed by atoms with Gasteiger partial charge in [0.2, 0.25) is 5.88 Å². The predicted molar refractivity (Wildman–Crippen MR) is 141 cm³/mol. The van der Waals surface area contributed by atoms with E-state index in [-0.39, 0.29) is 11.9 Å². The van der Waals surface area contributed by atoms with Crippen molar-refractivity contribution >= 4 is 40.1 Å². The highest BCUT2D eigenvalue weighted by molar-refractivity contribution is 7.98. The van der Waals surface area contributed by atoms with Crippen LogP contribution < -0.4 is 15.8 Å². The summed E-state index contributed by atoms with van der Waals surface area (Å²) in [4.78, 5) is 26.3. The highest BCUT2D eigenvalue weighted by Crippen LogP contribution is 2.38. The molecule has 1 atom stereocenters. The zero-order valence-corrected chi connectivity index (χ0v) is 22.0. The molecule has 186 valence electrons. The van der Waals surface area contributed by atoms with Gasteiger partial charge >= 0.3 is 5.97 Å². The van der Waals surface area contributed by atoms with Gasteiger partial charge in [0.05, 0.1) is 23.3 Å². The first kappa shape index (κ1) is 25.2. The number of ether oxygens (including phenoxy) is 2. The molecule has 35 heavy (non-hydrogen) atoms. The predicted octanol–water partition coefficient (Wildman–Crippen LogP) is 5.15. The summed E-state index contributed by atoms with van der Waals surface area (Å²) >= 11 is 1.79. The molecule has 4 rings (SSSR count). The number of carbonyl (C=O) groups is 1. The lowest BCUT2D eigenvalue weighted by atomic mass is 9.84. The van der Waals surface area contributed by atoms with E-state index in [4.69, 9.17) is 20.2 Å². The number of anilines is 2. The third-order valence-electron chi connectivity index (χ3n) is 6.37. The number of nitrogens with two attached hydrogens (primary N) is 1. The van der Waals surface area contributed by atoms with Crippen molar-refractivity contribution in [1.82, 2.24) is 15.0 Å². The zero-order valence-electron chi connectivity index (χ0n) is 21.1. The van der Waals surface area contributed by atoms with E-state index in [9.17, 15) is 4.79 Å². The lowest BCUT2D eigenvalue weighted by Crippen LogP contribution is -2.39. The summed E-state index contributed by atoms with van der Waals surface area (Å²) in [7, 11) is 0. The van der Waals surface area contributed by atoms with E-state index in [2.05, 4.69) is 21.5 Å². The van der Waals surface area contributed by atoms with Gasteiger partial charge in [0.25, 0.3) is 0 Å². The fraction of sp³-hybridized carbons (Fsp3) is 0.462. The Morgan fingerprint density at radius 1 is 1.20 bits per heavy atom. The third-order valence-corrected chi connectivity index (χ3v) is 7.07. The molecule has 9 heteroatoms. The molecule has 3 N–H and O–H groups in total. The maximum absolute atomic E-state index is 12.4. The molecule has 1 aliphatic heterocycles. The van der Waals surface area contributed by atoms with Crippen molar-refractivity contribution in [3.05, 3.63) is 47.4 Å². The summed E-state index contributed by atoms with van der Waals surface area (Å²) < 4.78 is 11.5. The van der Waals surface area contributed by atoms with Gasteiger partial charge in [-0.15, -0.1) is 0 Å². The number of cyclic esters (lactones) is 1. The van der Waals surface area contributed by atoms with Crippen LogP contribution in [0.5, 0.6) is 5.88 Å². The van der Waals surface area contributed by atoms with Crippen molar-refractivity contribution < 1.29 is 14.3 Å². The van der Waals surface area contributed by atoms with Crippen molar-refractivity contribution in [2.24, 2.45) is 5.73 Å². The normalized spacial score (nSPS) is 17.1. The maximum atomic E-state index is 12.4. The van der Waals surface area contributed by atoms with Crippen molar-refractivity contribution in [3.8, 4) is 5.88 Å². The Labute approximate surface area is 210 Å². The van der Waals surface area contributed by atoms with Gasteiger partial charge in [-0.25, -0.2) is 19.7 Å². The minimum atomic E-state index is -0.627. The molecule has 0 saturated carbocycles. The molecule has 0 spiro atoms. The summed E-state index contributed by atoms with van der Waals surface area (Å²) in [6.45, 7) is 10.3. The first-order valence-electron chi connectivity index (χ1n) is 11.7. The van der Waals surface area contributed by atoms with Gasteiger partial charge in [0, 0.05) is 23.9 Å². The summed E-state index contributed by atoms with van der Waals surface area (Å²) in [6, 6.07) is 5.45. The van der Waals surface area contributed by atoms with Gasteiger partial charge in [-0.2, -0.15) is 11.8 Å². The topological polar surface area (TPSA) is 112 Å². The van der Waals surface area contributed by atoms with Crippen molar-refractivity contribution in [2.45, 2.75) is 58.1 Å². The van der Waals surface area contributed by atoms with Crippen molar-refractivity contribution in [1.29, 1.82) is 0 Å². The Hall–Kier alpha value is -2.91. The number of nitrogens with zero attached hydrogens (tertiary/aromatic N) is 3. The smallest absolute Gasteiger partial charge is 0.340 e. The molecular formula is C26H33N5O3S. The first-order valence-corrected chi connectivity index (χ1v) is 13.1. The van der Waals surface area contributed by atoms with Crippen LogP contribution in [0, 0.1) is 0 Å². The van der Waals surface area contributed by atoms with Crippen LogP contribution in [-0.4, -0.2) is 45.1 Å². The summed E-state index contributed by atoms with van der Waals surface area (Å²) in [5.74, 6) is 2.39. The maximum Gasteiger partial charge on any atom is 0.340 e. The number of fused-ring (bicyclic) bond motifs is 2. The van der Waals surface area contributed by atoms with Crippen LogP contribution in [0.15, 0.2) is 30.6 Å². The van der Waals surface area contributed by atoms with Crippen LogP contribution in [-0.2, 0) is 10.3 Å². The first-order chi connectivity index (χ1) is 16.5. The standard InChI is InChI=1S/C26H33N5O3S/c1-15-22-16(24(32)34-26(15,4)5)8-9-20(31-22)30-21-12-17-18(13-28-21)23(33-10-7-11-35-6)29-14-19(17)25(2,3)27/h8-9,12-15H,7,10-11,27H2,1-6H3,(H,28,30,31). The average Bonchev–Trinajstić information content (AvgIpc) is 2.79. The third kappa shape index (κ3) is 5.21. The number of esters is 1. The van der Waals surface area contributed by atoms with Crippen LogP contribution in [0.25, 0.3) is 10.8 Å². The lowest BCUT2D eigenvalue weighted by molar-refractivity contribution is -0.0189. The summed E-state index contributed by atoms with van der Waals surface area (Å²) in [5.41, 5.74) is 7.34. The van der Waals surface area contributed by atoms with Gasteiger partial charge < -0.3 is 20.5 Å². The fourth-order valence-corrected chi connectivity index (χ4v) is 4.48. The van der Waals surface area contributed by atoms with Crippen LogP contribution in [0.3, 0.4) is 0 Å². The van der Waals surface area contributed by atoms with E-state index in [0.717, 1.165) is 28.5 Å². The highest BCUT2D eigenvalue weighted by Gasteiger charge is 2.40. The molecule has 3 aromatic rings. The van der Waals surface area contributed by atoms with E-state index < -0.39 is 11.1 Å². The van der Waals surface area contributed by atoms with Crippen LogP contribution in [0.1, 0.15) is 68.6 Å². The Morgan fingerprint density at radius 3 is 2.69 bits per heavy atom. The number of hydrogen-bond acceptors (Lipinski definition) is 9. The van der Waals surface area contributed by atoms with Gasteiger partial charge in [0.1, 0.15) is 17.2 Å². The summed E-state index contributed by atoms with van der Waals surface area (Å²) in [6.07, 6.45) is 6.55. The second-order valence-corrected chi connectivity index (χ2v) is 11.0. The molecule has 8 nitrogen and oxygen atoms in total. The Balaban J connectivity index is 1.69. The quantitative estimate of drug-likeness (QED) is 0.324. The Bertz CT molecular complexity index is 1260. The number of rotatable bonds is 8. The second kappa shape index (κ2) is 9.62. The molecule has 0 aromatic carbocycles.